The van der Waals surface area contributed by atoms with Gasteiger partial charge in [0.2, 0.25) is 0 Å². The van der Waals surface area contributed by atoms with Crippen LogP contribution in [0.15, 0.2) is 24.3 Å². The molecule has 2 rings (SSSR count). The highest BCUT2D eigenvalue weighted by atomic mass is 35.5. The third-order valence-electron chi connectivity index (χ3n) is 3.41. The van der Waals surface area contributed by atoms with Crippen molar-refractivity contribution < 1.29 is 0 Å². The molecule has 4 heteroatoms. The molecule has 0 aliphatic carbocycles. The van der Waals surface area contributed by atoms with E-state index in [0.717, 1.165) is 18.0 Å². The van der Waals surface area contributed by atoms with Gasteiger partial charge in [0.1, 0.15) is 0 Å². The van der Waals surface area contributed by atoms with Gasteiger partial charge in [-0.15, -0.1) is 11.8 Å². The predicted molar refractivity (Wildman–Crippen MR) is 81.6 cm³/mol. The molecular formula is C14H21ClN2S. The molecule has 1 aromatic rings. The number of nitrogens with zero attached hydrogens (tertiary/aromatic N) is 2. The lowest BCUT2D eigenvalue weighted by Crippen LogP contribution is -2.46. The molecular weight excluding hydrogens is 264 g/mol. The summed E-state index contributed by atoms with van der Waals surface area (Å²) in [6.45, 7) is 5.99. The fourth-order valence-corrected chi connectivity index (χ4v) is 3.01. The summed E-state index contributed by atoms with van der Waals surface area (Å²) >= 11 is 7.80. The van der Waals surface area contributed by atoms with Crippen molar-refractivity contribution in [1.29, 1.82) is 0 Å². The zero-order valence-electron chi connectivity index (χ0n) is 10.9. The maximum absolute atomic E-state index is 5.89. The van der Waals surface area contributed by atoms with Crippen LogP contribution in [0.3, 0.4) is 0 Å². The number of thioether (sulfide) groups is 1. The van der Waals surface area contributed by atoms with Crippen molar-refractivity contribution in [2.75, 3.05) is 44.9 Å². The molecule has 1 aliphatic heterocycles. The van der Waals surface area contributed by atoms with Crippen LogP contribution in [0.25, 0.3) is 0 Å². The first-order chi connectivity index (χ1) is 8.78. The van der Waals surface area contributed by atoms with Gasteiger partial charge in [-0.25, -0.2) is 0 Å². The molecule has 0 N–H and O–H groups in total. The van der Waals surface area contributed by atoms with Crippen LogP contribution in [0.2, 0.25) is 5.02 Å². The van der Waals surface area contributed by atoms with E-state index in [1.165, 1.54) is 37.6 Å². The minimum Gasteiger partial charge on any atom is -0.300 e. The summed E-state index contributed by atoms with van der Waals surface area (Å²) in [7, 11) is 0. The van der Waals surface area contributed by atoms with Crippen molar-refractivity contribution in [3.8, 4) is 0 Å². The first-order valence-corrected chi connectivity index (χ1v) is 8.23. The Balaban J connectivity index is 1.70. The molecule has 100 valence electrons. The molecule has 0 amide bonds. The average Bonchev–Trinajstić information content (AvgIpc) is 2.40. The Morgan fingerprint density at radius 1 is 1.06 bits per heavy atom. The lowest BCUT2D eigenvalue weighted by Gasteiger charge is -2.34. The van der Waals surface area contributed by atoms with Crippen LogP contribution in [0.5, 0.6) is 0 Å². The zero-order chi connectivity index (χ0) is 12.8. The highest BCUT2D eigenvalue weighted by Gasteiger charge is 2.15. The number of hydrogen-bond acceptors (Lipinski definition) is 3. The SMILES string of the molecule is CSCN1CCN(CCc2ccc(Cl)cc2)CC1. The Morgan fingerprint density at radius 2 is 1.67 bits per heavy atom. The Labute approximate surface area is 119 Å². The number of benzene rings is 1. The van der Waals surface area contributed by atoms with Gasteiger partial charge in [0.05, 0.1) is 0 Å². The van der Waals surface area contributed by atoms with Crippen LogP contribution < -0.4 is 0 Å². The molecule has 1 heterocycles. The van der Waals surface area contributed by atoms with Crippen molar-refractivity contribution >= 4 is 23.4 Å². The van der Waals surface area contributed by atoms with Crippen LogP contribution in [0.1, 0.15) is 5.56 Å². The van der Waals surface area contributed by atoms with E-state index in [9.17, 15) is 0 Å². The van der Waals surface area contributed by atoms with E-state index in [1.807, 2.05) is 23.9 Å². The van der Waals surface area contributed by atoms with E-state index in [0.29, 0.717) is 0 Å². The molecule has 0 bridgehead atoms. The summed E-state index contributed by atoms with van der Waals surface area (Å²) in [4.78, 5) is 5.09. The second-order valence-electron chi connectivity index (χ2n) is 4.75. The van der Waals surface area contributed by atoms with E-state index in [-0.39, 0.29) is 0 Å². The smallest absolute Gasteiger partial charge is 0.0442 e. The fraction of sp³-hybridized carbons (Fsp3) is 0.571. The summed E-state index contributed by atoms with van der Waals surface area (Å²) in [5.41, 5.74) is 1.38. The van der Waals surface area contributed by atoms with Gasteiger partial charge in [0.15, 0.2) is 0 Å². The van der Waals surface area contributed by atoms with Gasteiger partial charge >= 0.3 is 0 Å². The van der Waals surface area contributed by atoms with E-state index in [4.69, 9.17) is 11.6 Å². The number of hydrogen-bond donors (Lipinski definition) is 0. The maximum atomic E-state index is 5.89. The van der Waals surface area contributed by atoms with Crippen molar-refractivity contribution in [3.05, 3.63) is 34.9 Å². The normalized spacial score (nSPS) is 18.1. The van der Waals surface area contributed by atoms with Gasteiger partial charge in [-0.05, 0) is 30.4 Å². The molecule has 0 spiro atoms. The molecule has 0 radical (unpaired) electrons. The minimum absolute atomic E-state index is 0.824. The molecule has 1 saturated heterocycles. The maximum Gasteiger partial charge on any atom is 0.0442 e. The lowest BCUT2D eigenvalue weighted by molar-refractivity contribution is 0.150. The molecule has 1 aliphatic rings. The fourth-order valence-electron chi connectivity index (χ4n) is 2.26. The van der Waals surface area contributed by atoms with Gasteiger partial charge in [-0.2, -0.15) is 0 Å². The van der Waals surface area contributed by atoms with Crippen molar-refractivity contribution in [2.24, 2.45) is 0 Å². The third kappa shape index (κ3) is 4.47. The molecule has 0 saturated carbocycles. The van der Waals surface area contributed by atoms with Gasteiger partial charge < -0.3 is 4.90 Å². The molecule has 0 aromatic heterocycles. The third-order valence-corrected chi connectivity index (χ3v) is 4.28. The van der Waals surface area contributed by atoms with E-state index < -0.39 is 0 Å². The highest BCUT2D eigenvalue weighted by Crippen LogP contribution is 2.11. The first kappa shape index (κ1) is 14.2. The standard InChI is InChI=1S/C14H21ClN2S/c1-18-12-17-10-8-16(9-11-17)7-6-13-2-4-14(15)5-3-13/h2-5H,6-12H2,1H3. The molecule has 18 heavy (non-hydrogen) atoms. The topological polar surface area (TPSA) is 6.48 Å². The molecule has 0 atom stereocenters. The van der Waals surface area contributed by atoms with E-state index in [1.54, 1.807) is 0 Å². The minimum atomic E-state index is 0.824. The summed E-state index contributed by atoms with van der Waals surface area (Å²) in [6.07, 6.45) is 3.30. The van der Waals surface area contributed by atoms with Gasteiger partial charge in [0.25, 0.3) is 0 Å². The number of rotatable bonds is 5. The summed E-state index contributed by atoms with van der Waals surface area (Å²) < 4.78 is 0. The van der Waals surface area contributed by atoms with Crippen LogP contribution in [0.4, 0.5) is 0 Å². The number of piperazine rings is 1. The van der Waals surface area contributed by atoms with Gasteiger partial charge in [-0.1, -0.05) is 23.7 Å². The molecule has 0 unspecified atom stereocenters. The van der Waals surface area contributed by atoms with Crippen molar-refractivity contribution in [1.82, 2.24) is 9.80 Å². The van der Waals surface area contributed by atoms with Crippen molar-refractivity contribution in [2.45, 2.75) is 6.42 Å². The average molecular weight is 285 g/mol. The quantitative estimate of drug-likeness (QED) is 0.821. The summed E-state index contributed by atoms with van der Waals surface area (Å²) in [5.74, 6) is 1.17. The van der Waals surface area contributed by atoms with Gasteiger partial charge in [-0.3, -0.25) is 4.90 Å². The van der Waals surface area contributed by atoms with Crippen LogP contribution >= 0.6 is 23.4 Å². The molecule has 1 fully saturated rings. The predicted octanol–water partition coefficient (Wildman–Crippen LogP) is 2.82. The summed E-state index contributed by atoms with van der Waals surface area (Å²) in [6, 6.07) is 8.22. The van der Waals surface area contributed by atoms with E-state index >= 15 is 0 Å². The Morgan fingerprint density at radius 3 is 2.28 bits per heavy atom. The zero-order valence-corrected chi connectivity index (χ0v) is 12.5. The molecule has 2 nitrogen and oxygen atoms in total. The lowest BCUT2D eigenvalue weighted by atomic mass is 10.1. The second kappa shape index (κ2) is 7.39. The molecule has 1 aromatic carbocycles. The van der Waals surface area contributed by atoms with E-state index in [2.05, 4.69) is 28.2 Å². The Kier molecular flexibility index (Phi) is 5.83. The van der Waals surface area contributed by atoms with Gasteiger partial charge in [0, 0.05) is 43.6 Å². The largest absolute Gasteiger partial charge is 0.300 e. The number of halogens is 1. The van der Waals surface area contributed by atoms with Crippen LogP contribution in [0, 0.1) is 0 Å². The first-order valence-electron chi connectivity index (χ1n) is 6.46. The van der Waals surface area contributed by atoms with Crippen LogP contribution in [-0.2, 0) is 6.42 Å². The summed E-state index contributed by atoms with van der Waals surface area (Å²) in [5, 5.41) is 0.824. The Hall–Kier alpha value is -0.220. The Bertz CT molecular complexity index is 347. The van der Waals surface area contributed by atoms with Crippen molar-refractivity contribution in [3.63, 3.8) is 0 Å². The second-order valence-corrected chi connectivity index (χ2v) is 6.03. The monoisotopic (exact) mass is 284 g/mol. The highest BCUT2D eigenvalue weighted by molar-refractivity contribution is 7.98. The van der Waals surface area contributed by atoms with Crippen LogP contribution in [-0.4, -0.2) is 54.7 Å².